The minimum absolute atomic E-state index is 0.0320. The average Bonchev–Trinajstić information content (AvgIpc) is 2.92. The second kappa shape index (κ2) is 6.09. The first-order valence-corrected chi connectivity index (χ1v) is 10.6. The van der Waals surface area contributed by atoms with Crippen LogP contribution in [0.3, 0.4) is 0 Å². The molecule has 0 saturated heterocycles. The van der Waals surface area contributed by atoms with E-state index in [2.05, 4.69) is 13.8 Å². The van der Waals surface area contributed by atoms with Gasteiger partial charge in [0.2, 0.25) is 0 Å². The Morgan fingerprint density at radius 3 is 2.56 bits per heavy atom. The minimum Gasteiger partial charge on any atom is -0.462 e. The molecule has 7 atom stereocenters. The van der Waals surface area contributed by atoms with Crippen LogP contribution in [0.15, 0.2) is 0 Å². The molecule has 25 heavy (non-hydrogen) atoms. The predicted octanol–water partition coefficient (Wildman–Crippen LogP) is 4.92. The van der Waals surface area contributed by atoms with Crippen LogP contribution < -0.4 is 0 Å². The normalized spacial score (nSPS) is 49.1. The van der Waals surface area contributed by atoms with Gasteiger partial charge in [0.05, 0.1) is 0 Å². The molecule has 0 spiro atoms. The van der Waals surface area contributed by atoms with Crippen molar-refractivity contribution >= 4 is 11.8 Å². The van der Waals surface area contributed by atoms with Gasteiger partial charge in [-0.3, -0.25) is 9.59 Å². The van der Waals surface area contributed by atoms with E-state index in [0.717, 1.165) is 37.5 Å². The lowest BCUT2D eigenvalue weighted by Crippen LogP contribution is -2.54. The van der Waals surface area contributed by atoms with Crippen LogP contribution in [0.4, 0.5) is 0 Å². The number of fused-ring (bicyclic) bond motifs is 5. The molecule has 0 aromatic carbocycles. The van der Waals surface area contributed by atoms with Crippen molar-refractivity contribution < 1.29 is 14.3 Å². The van der Waals surface area contributed by atoms with E-state index in [1.807, 2.05) is 6.92 Å². The summed E-state index contributed by atoms with van der Waals surface area (Å²) in [7, 11) is 0. The highest BCUT2D eigenvalue weighted by molar-refractivity contribution is 5.79. The quantitative estimate of drug-likeness (QED) is 0.667. The zero-order chi connectivity index (χ0) is 17.8. The topological polar surface area (TPSA) is 43.4 Å². The van der Waals surface area contributed by atoms with Crippen molar-refractivity contribution in [2.75, 3.05) is 0 Å². The smallest absolute Gasteiger partial charge is 0.305 e. The summed E-state index contributed by atoms with van der Waals surface area (Å²) in [5.41, 5.74) is 0.552. The van der Waals surface area contributed by atoms with Gasteiger partial charge in [0.15, 0.2) is 0 Å². The fraction of sp³-hybridized carbons (Fsp3) is 0.909. The lowest BCUT2D eigenvalue weighted by Gasteiger charge is -2.60. The van der Waals surface area contributed by atoms with Gasteiger partial charge in [0.25, 0.3) is 0 Å². The van der Waals surface area contributed by atoms with Gasteiger partial charge in [0.1, 0.15) is 11.9 Å². The number of ketones is 1. The van der Waals surface area contributed by atoms with Gasteiger partial charge in [-0.2, -0.15) is 0 Å². The summed E-state index contributed by atoms with van der Waals surface area (Å²) in [5.74, 6) is 3.34. The van der Waals surface area contributed by atoms with Crippen molar-refractivity contribution in [3.8, 4) is 0 Å². The van der Waals surface area contributed by atoms with Gasteiger partial charge in [0, 0.05) is 24.7 Å². The van der Waals surface area contributed by atoms with Crippen LogP contribution in [-0.2, 0) is 14.3 Å². The molecule has 3 heteroatoms. The monoisotopic (exact) mass is 346 g/mol. The van der Waals surface area contributed by atoms with Gasteiger partial charge in [-0.1, -0.05) is 20.8 Å². The summed E-state index contributed by atoms with van der Waals surface area (Å²) in [6.07, 6.45) is 10.6. The van der Waals surface area contributed by atoms with Crippen LogP contribution in [0.2, 0.25) is 0 Å². The Balaban J connectivity index is 1.56. The Kier molecular flexibility index (Phi) is 4.28. The Morgan fingerprint density at radius 1 is 1.04 bits per heavy atom. The summed E-state index contributed by atoms with van der Waals surface area (Å²) < 4.78 is 5.87. The molecular formula is C22H34O3. The SMILES string of the molecule is CCC(=O)OC1CC[C@H]2[C@@H]3CCC4CC(=O)CC[C@]4(C)[C@@H]3CC[C@]12C. The second-order valence-electron chi connectivity index (χ2n) is 9.85. The zero-order valence-electron chi connectivity index (χ0n) is 16.2. The van der Waals surface area contributed by atoms with Crippen molar-refractivity contribution in [1.82, 2.24) is 0 Å². The minimum atomic E-state index is -0.0320. The largest absolute Gasteiger partial charge is 0.462 e. The Labute approximate surface area is 152 Å². The maximum atomic E-state index is 12.0. The van der Waals surface area contributed by atoms with Gasteiger partial charge in [-0.15, -0.1) is 0 Å². The van der Waals surface area contributed by atoms with Gasteiger partial charge >= 0.3 is 5.97 Å². The molecule has 0 bridgehead atoms. The summed E-state index contributed by atoms with van der Waals surface area (Å²) in [6, 6.07) is 0. The third kappa shape index (κ3) is 2.59. The number of esters is 1. The van der Waals surface area contributed by atoms with Crippen molar-refractivity contribution in [3.05, 3.63) is 0 Å². The summed E-state index contributed by atoms with van der Waals surface area (Å²) >= 11 is 0. The van der Waals surface area contributed by atoms with Crippen LogP contribution in [-0.4, -0.2) is 17.9 Å². The molecule has 0 aromatic rings. The number of ether oxygens (including phenoxy) is 1. The molecule has 0 radical (unpaired) electrons. The number of rotatable bonds is 2. The van der Waals surface area contributed by atoms with E-state index in [1.54, 1.807) is 0 Å². The fourth-order valence-corrected chi connectivity index (χ4v) is 7.43. The molecule has 0 N–H and O–H groups in total. The molecule has 4 aliphatic rings. The molecule has 140 valence electrons. The van der Waals surface area contributed by atoms with Gasteiger partial charge in [-0.05, 0) is 74.0 Å². The number of carbonyl (C=O) groups is 2. The van der Waals surface area contributed by atoms with Crippen LogP contribution in [0.1, 0.15) is 85.0 Å². The third-order valence-corrected chi connectivity index (χ3v) is 8.96. The van der Waals surface area contributed by atoms with E-state index in [1.165, 1.54) is 32.1 Å². The van der Waals surface area contributed by atoms with Crippen LogP contribution in [0.5, 0.6) is 0 Å². The highest BCUT2D eigenvalue weighted by atomic mass is 16.5. The number of hydrogen-bond acceptors (Lipinski definition) is 3. The van der Waals surface area contributed by atoms with Crippen LogP contribution in [0.25, 0.3) is 0 Å². The molecular weight excluding hydrogens is 312 g/mol. The van der Waals surface area contributed by atoms with E-state index in [-0.39, 0.29) is 17.5 Å². The molecule has 0 aromatic heterocycles. The van der Waals surface area contributed by atoms with E-state index in [0.29, 0.717) is 29.5 Å². The van der Waals surface area contributed by atoms with Crippen molar-refractivity contribution in [1.29, 1.82) is 0 Å². The first-order valence-electron chi connectivity index (χ1n) is 10.6. The van der Waals surface area contributed by atoms with Crippen LogP contribution in [0, 0.1) is 34.5 Å². The highest BCUT2D eigenvalue weighted by Crippen LogP contribution is 2.66. The van der Waals surface area contributed by atoms with Crippen molar-refractivity contribution in [2.24, 2.45) is 34.5 Å². The number of carbonyl (C=O) groups excluding carboxylic acids is 2. The molecule has 2 unspecified atom stereocenters. The first-order chi connectivity index (χ1) is 11.9. The molecule has 4 rings (SSSR count). The molecule has 0 heterocycles. The maximum absolute atomic E-state index is 12.0. The number of Topliss-reactive ketones (excluding diaryl/α,β-unsaturated/α-hetero) is 1. The highest BCUT2D eigenvalue weighted by Gasteiger charge is 2.61. The zero-order valence-corrected chi connectivity index (χ0v) is 16.2. The Morgan fingerprint density at radius 2 is 1.80 bits per heavy atom. The van der Waals surface area contributed by atoms with E-state index >= 15 is 0 Å². The van der Waals surface area contributed by atoms with E-state index in [4.69, 9.17) is 4.74 Å². The average molecular weight is 347 g/mol. The van der Waals surface area contributed by atoms with Crippen molar-refractivity contribution in [3.63, 3.8) is 0 Å². The molecule has 0 aliphatic heterocycles. The summed E-state index contributed by atoms with van der Waals surface area (Å²) in [5, 5.41) is 0. The van der Waals surface area contributed by atoms with Gasteiger partial charge < -0.3 is 4.74 Å². The lowest BCUT2D eigenvalue weighted by atomic mass is 9.45. The molecule has 4 saturated carbocycles. The Hall–Kier alpha value is -0.860. The second-order valence-corrected chi connectivity index (χ2v) is 9.85. The van der Waals surface area contributed by atoms with E-state index < -0.39 is 0 Å². The first kappa shape index (κ1) is 17.5. The number of hydrogen-bond donors (Lipinski definition) is 0. The summed E-state index contributed by atoms with van der Waals surface area (Å²) in [4.78, 5) is 23.9. The van der Waals surface area contributed by atoms with Crippen LogP contribution >= 0.6 is 0 Å². The Bertz CT molecular complexity index is 570. The molecule has 4 fully saturated rings. The van der Waals surface area contributed by atoms with Crippen molar-refractivity contribution in [2.45, 2.75) is 91.1 Å². The fourth-order valence-electron chi connectivity index (χ4n) is 7.43. The molecule has 0 amide bonds. The standard InChI is InChI=1S/C22H34O3/c1-4-20(24)25-19-8-7-17-16-6-5-14-13-15(23)9-11-21(14,2)18(16)10-12-22(17,19)3/h14,16-19H,4-13H2,1-3H3/t14?,16-,17-,18+,19?,21-,22-/m0/s1. The third-order valence-electron chi connectivity index (χ3n) is 8.96. The molecule has 3 nitrogen and oxygen atoms in total. The molecule has 4 aliphatic carbocycles. The summed E-state index contributed by atoms with van der Waals surface area (Å²) in [6.45, 7) is 6.78. The predicted molar refractivity (Wildman–Crippen MR) is 96.9 cm³/mol. The maximum Gasteiger partial charge on any atom is 0.305 e. The van der Waals surface area contributed by atoms with Gasteiger partial charge in [-0.25, -0.2) is 0 Å². The van der Waals surface area contributed by atoms with E-state index in [9.17, 15) is 9.59 Å². The lowest BCUT2D eigenvalue weighted by molar-refractivity contribution is -0.163.